The second-order valence-electron chi connectivity index (χ2n) is 12.7. The van der Waals surface area contributed by atoms with Gasteiger partial charge in [-0.05, 0) is 60.7 Å². The normalized spacial score (nSPS) is 12.0. The zero-order chi connectivity index (χ0) is 33.1. The number of furan rings is 2. The van der Waals surface area contributed by atoms with Crippen molar-refractivity contribution >= 4 is 87.5 Å². The molecule has 0 saturated heterocycles. The third-order valence-electron chi connectivity index (χ3n) is 10.2. The Kier molecular flexibility index (Phi) is 5.16. The predicted octanol–water partition coefficient (Wildman–Crippen LogP) is 11.4. The fraction of sp³-hybridized carbons (Fsp3) is 0. The van der Waals surface area contributed by atoms with Crippen molar-refractivity contribution in [2.75, 3.05) is 0 Å². The van der Waals surface area contributed by atoms with Gasteiger partial charge in [-0.3, -0.25) is 0 Å². The quantitative estimate of drug-likeness (QED) is 0.189. The van der Waals surface area contributed by atoms with Crippen molar-refractivity contribution in [3.05, 3.63) is 145 Å². The van der Waals surface area contributed by atoms with Crippen molar-refractivity contribution in [3.8, 4) is 23.5 Å². The number of nitriles is 2. The van der Waals surface area contributed by atoms with Crippen LogP contribution in [0.1, 0.15) is 11.1 Å². The Hall–Kier alpha value is -7.28. The summed E-state index contributed by atoms with van der Waals surface area (Å²) < 4.78 is 17.1. The first kappa shape index (κ1) is 26.8. The fourth-order valence-corrected chi connectivity index (χ4v) is 8.17. The minimum atomic E-state index is 0.299. The molecule has 11 rings (SSSR count). The molecule has 0 fully saturated rings. The van der Waals surface area contributed by atoms with Gasteiger partial charge in [-0.25, -0.2) is 0 Å². The summed E-state index contributed by atoms with van der Waals surface area (Å²) in [6, 6.07) is 49.6. The third-order valence-corrected chi connectivity index (χ3v) is 10.2. The maximum atomic E-state index is 10.9. The molecule has 0 atom stereocenters. The van der Waals surface area contributed by atoms with Crippen LogP contribution in [0, 0.1) is 22.7 Å². The molecular weight excluding hydrogens is 617 g/mol. The molecule has 4 heterocycles. The van der Waals surface area contributed by atoms with Crippen molar-refractivity contribution < 1.29 is 8.83 Å². The number of rotatable bonds is 2. The standard InChI is InChI=1S/C44H22N4O2/c45-23-31-32(24-46)36(48-34-14-6-2-12-30(34)42-38(48)20-18-28-26-10-4-8-16-40(26)50-44(28)42)22-21-35(31)47-33-13-5-1-11-29(33)41-37(47)19-17-27-25-9-3-7-15-39(25)49-43(27)41/h1-22H. The van der Waals surface area contributed by atoms with Crippen LogP contribution in [0.4, 0.5) is 0 Å². The third kappa shape index (κ3) is 3.29. The molecule has 0 aliphatic rings. The highest BCUT2D eigenvalue weighted by Gasteiger charge is 2.25. The molecule has 0 bridgehead atoms. The van der Waals surface area contributed by atoms with Crippen molar-refractivity contribution in [1.82, 2.24) is 9.13 Å². The molecule has 0 aliphatic heterocycles. The van der Waals surface area contributed by atoms with Crippen molar-refractivity contribution in [2.24, 2.45) is 0 Å². The molecule has 230 valence electrons. The van der Waals surface area contributed by atoms with E-state index < -0.39 is 0 Å². The summed E-state index contributed by atoms with van der Waals surface area (Å²) in [5, 5.41) is 29.9. The number of hydrogen-bond donors (Lipinski definition) is 0. The Morgan fingerprint density at radius 1 is 0.380 bits per heavy atom. The Morgan fingerprint density at radius 3 is 1.22 bits per heavy atom. The second kappa shape index (κ2) is 9.64. The monoisotopic (exact) mass is 638 g/mol. The number of hydrogen-bond acceptors (Lipinski definition) is 4. The fourth-order valence-electron chi connectivity index (χ4n) is 8.17. The van der Waals surface area contributed by atoms with E-state index in [2.05, 4.69) is 81.9 Å². The molecule has 0 radical (unpaired) electrons. The molecule has 0 unspecified atom stereocenters. The van der Waals surface area contributed by atoms with E-state index in [0.29, 0.717) is 22.5 Å². The van der Waals surface area contributed by atoms with Gasteiger partial charge in [0.2, 0.25) is 0 Å². The molecule has 0 aliphatic carbocycles. The topological polar surface area (TPSA) is 83.7 Å². The lowest BCUT2D eigenvalue weighted by molar-refractivity contribution is 0.672. The van der Waals surface area contributed by atoms with Crippen LogP contribution in [0.2, 0.25) is 0 Å². The van der Waals surface area contributed by atoms with Crippen molar-refractivity contribution in [2.45, 2.75) is 0 Å². The first-order valence-corrected chi connectivity index (χ1v) is 16.4. The van der Waals surface area contributed by atoms with Gasteiger partial charge in [0.15, 0.2) is 0 Å². The molecule has 4 aromatic heterocycles. The Balaban J connectivity index is 1.23. The lowest BCUT2D eigenvalue weighted by atomic mass is 10.0. The van der Waals surface area contributed by atoms with Crippen LogP contribution in [0.15, 0.2) is 142 Å². The molecular formula is C44H22N4O2. The first-order valence-electron chi connectivity index (χ1n) is 16.4. The molecule has 0 spiro atoms. The summed E-state index contributed by atoms with van der Waals surface area (Å²) in [7, 11) is 0. The van der Waals surface area contributed by atoms with Crippen molar-refractivity contribution in [1.29, 1.82) is 10.5 Å². The minimum absolute atomic E-state index is 0.299. The number of para-hydroxylation sites is 4. The van der Waals surface area contributed by atoms with Gasteiger partial charge in [-0.1, -0.05) is 72.8 Å². The van der Waals surface area contributed by atoms with E-state index in [4.69, 9.17) is 8.83 Å². The largest absolute Gasteiger partial charge is 0.455 e. The van der Waals surface area contributed by atoms with E-state index >= 15 is 0 Å². The lowest BCUT2D eigenvalue weighted by Crippen LogP contribution is -2.05. The lowest BCUT2D eigenvalue weighted by Gasteiger charge is -2.16. The number of benzene rings is 7. The zero-order valence-electron chi connectivity index (χ0n) is 26.3. The Bertz CT molecular complexity index is 3130. The number of aromatic nitrogens is 2. The highest BCUT2D eigenvalue weighted by molar-refractivity contribution is 6.25. The summed E-state index contributed by atoms with van der Waals surface area (Å²) in [5.74, 6) is 0. The highest BCUT2D eigenvalue weighted by Crippen LogP contribution is 2.44. The van der Waals surface area contributed by atoms with Crippen molar-refractivity contribution in [3.63, 3.8) is 0 Å². The minimum Gasteiger partial charge on any atom is -0.455 e. The predicted molar refractivity (Wildman–Crippen MR) is 199 cm³/mol. The molecule has 6 heteroatoms. The van der Waals surface area contributed by atoms with E-state index in [1.165, 1.54) is 0 Å². The average Bonchev–Trinajstić information content (AvgIpc) is 3.91. The van der Waals surface area contributed by atoms with Gasteiger partial charge in [-0.15, -0.1) is 0 Å². The van der Waals surface area contributed by atoms with E-state index in [1.54, 1.807) is 0 Å². The summed E-state index contributed by atoms with van der Waals surface area (Å²) in [6.45, 7) is 0. The maximum Gasteiger partial charge on any atom is 0.145 e. The molecule has 0 N–H and O–H groups in total. The van der Waals surface area contributed by atoms with Gasteiger partial charge in [0, 0.05) is 32.3 Å². The molecule has 6 nitrogen and oxygen atoms in total. The van der Waals surface area contributed by atoms with Crippen LogP contribution < -0.4 is 0 Å². The maximum absolute atomic E-state index is 10.9. The molecule has 7 aromatic carbocycles. The van der Waals surface area contributed by atoms with Gasteiger partial charge >= 0.3 is 0 Å². The molecule has 11 aromatic rings. The van der Waals surface area contributed by atoms with E-state index in [9.17, 15) is 10.5 Å². The van der Waals surface area contributed by atoms with Crippen LogP contribution in [0.3, 0.4) is 0 Å². The molecule has 0 saturated carbocycles. The summed E-state index contributed by atoms with van der Waals surface area (Å²) in [6.07, 6.45) is 0. The van der Waals surface area contributed by atoms with E-state index in [1.807, 2.05) is 72.8 Å². The Labute approximate surface area is 283 Å². The average molecular weight is 639 g/mol. The van der Waals surface area contributed by atoms with E-state index in [0.717, 1.165) is 87.5 Å². The van der Waals surface area contributed by atoms with Crippen LogP contribution in [0.5, 0.6) is 0 Å². The van der Waals surface area contributed by atoms with E-state index in [-0.39, 0.29) is 0 Å². The van der Waals surface area contributed by atoms with Crippen LogP contribution in [-0.4, -0.2) is 9.13 Å². The number of nitrogens with zero attached hydrogens (tertiary/aromatic N) is 4. The SMILES string of the molecule is N#Cc1c(-n2c3ccccc3c3c4oc5ccccc5c4ccc32)ccc(-n2c3ccccc3c3c4oc5ccccc5c4ccc32)c1C#N. The van der Waals surface area contributed by atoms with Gasteiger partial charge in [-0.2, -0.15) is 10.5 Å². The summed E-state index contributed by atoms with van der Waals surface area (Å²) in [4.78, 5) is 0. The summed E-state index contributed by atoms with van der Waals surface area (Å²) in [5.41, 5.74) is 8.77. The first-order chi connectivity index (χ1) is 24.7. The van der Waals surface area contributed by atoms with Gasteiger partial charge in [0.1, 0.15) is 34.5 Å². The van der Waals surface area contributed by atoms with Crippen LogP contribution >= 0.6 is 0 Å². The van der Waals surface area contributed by atoms with Crippen LogP contribution in [0.25, 0.3) is 98.9 Å². The highest BCUT2D eigenvalue weighted by atomic mass is 16.3. The number of fused-ring (bicyclic) bond motifs is 14. The molecule has 0 amide bonds. The van der Waals surface area contributed by atoms with Gasteiger partial charge < -0.3 is 18.0 Å². The second-order valence-corrected chi connectivity index (χ2v) is 12.7. The van der Waals surface area contributed by atoms with Gasteiger partial charge in [0.25, 0.3) is 0 Å². The van der Waals surface area contributed by atoms with Gasteiger partial charge in [0.05, 0.1) is 55.3 Å². The summed E-state index contributed by atoms with van der Waals surface area (Å²) >= 11 is 0. The zero-order valence-corrected chi connectivity index (χ0v) is 26.3. The smallest absolute Gasteiger partial charge is 0.145 e. The Morgan fingerprint density at radius 2 is 0.780 bits per heavy atom. The molecule has 50 heavy (non-hydrogen) atoms. The van der Waals surface area contributed by atoms with Crippen LogP contribution in [-0.2, 0) is 0 Å².